The second-order valence-electron chi connectivity index (χ2n) is 6.19. The second kappa shape index (κ2) is 8.31. The van der Waals surface area contributed by atoms with Gasteiger partial charge in [0.1, 0.15) is 5.75 Å². The summed E-state index contributed by atoms with van der Waals surface area (Å²) in [4.78, 5) is 12.4. The number of ether oxygens (including phenoxy) is 1. The van der Waals surface area contributed by atoms with Gasteiger partial charge in [-0.05, 0) is 68.3 Å². The molecule has 1 heterocycles. The molecule has 0 radical (unpaired) electrons. The van der Waals surface area contributed by atoms with Crippen LogP contribution in [0.1, 0.15) is 28.5 Å². The Kier molecular flexibility index (Phi) is 5.66. The Bertz CT molecular complexity index is 919. The fourth-order valence-electron chi connectivity index (χ4n) is 2.75. The lowest BCUT2D eigenvalue weighted by atomic mass is 10.1. The molecule has 6 heteroatoms. The van der Waals surface area contributed by atoms with Crippen molar-refractivity contribution in [3.63, 3.8) is 0 Å². The van der Waals surface area contributed by atoms with Gasteiger partial charge in [0, 0.05) is 5.69 Å². The molecule has 0 bridgehead atoms. The summed E-state index contributed by atoms with van der Waals surface area (Å²) < 4.78 is 5.52. The first kappa shape index (κ1) is 18.4. The lowest BCUT2D eigenvalue weighted by Gasteiger charge is -2.11. The molecule has 3 aromatic rings. The first-order valence-electron chi connectivity index (χ1n) is 8.77. The third-order valence-electron chi connectivity index (χ3n) is 3.83. The third-order valence-corrected chi connectivity index (χ3v) is 3.83. The number of nitrogens with one attached hydrogen (secondary N) is 2. The number of aromatic nitrogens is 2. The second-order valence-corrected chi connectivity index (χ2v) is 6.19. The highest BCUT2D eigenvalue weighted by Gasteiger charge is 2.12. The molecule has 0 aliphatic carbocycles. The maximum absolute atomic E-state index is 12.4. The van der Waals surface area contributed by atoms with E-state index in [2.05, 4.69) is 26.9 Å². The molecule has 0 saturated heterocycles. The molecule has 0 aliphatic rings. The van der Waals surface area contributed by atoms with Crippen molar-refractivity contribution < 1.29 is 9.53 Å². The molecule has 27 heavy (non-hydrogen) atoms. The van der Waals surface area contributed by atoms with Crippen LogP contribution in [0.15, 0.2) is 54.6 Å². The van der Waals surface area contributed by atoms with Gasteiger partial charge in [-0.25, -0.2) is 0 Å². The minimum Gasteiger partial charge on any atom is -0.492 e. The average molecular weight is 362 g/mol. The van der Waals surface area contributed by atoms with Crippen LogP contribution in [0.2, 0.25) is 0 Å². The van der Waals surface area contributed by atoms with Crippen molar-refractivity contribution in [2.75, 3.05) is 17.2 Å². The SMILES string of the molecule is CCOc1ccccc1NC(=O)c1ccc(Nc2cc(C)cc(C)c2)nn1. The summed E-state index contributed by atoms with van der Waals surface area (Å²) >= 11 is 0. The number of nitrogens with zero attached hydrogens (tertiary/aromatic N) is 2. The van der Waals surface area contributed by atoms with Crippen molar-refractivity contribution >= 4 is 23.1 Å². The van der Waals surface area contributed by atoms with E-state index in [9.17, 15) is 4.79 Å². The lowest BCUT2D eigenvalue weighted by Crippen LogP contribution is -2.15. The molecule has 138 valence electrons. The van der Waals surface area contributed by atoms with Crippen LogP contribution < -0.4 is 15.4 Å². The molecule has 1 aromatic heterocycles. The minimum absolute atomic E-state index is 0.229. The number of amides is 1. The molecule has 0 fully saturated rings. The molecule has 0 atom stereocenters. The molecule has 0 saturated carbocycles. The maximum atomic E-state index is 12.4. The topological polar surface area (TPSA) is 76.1 Å². The molecule has 0 aliphatic heterocycles. The van der Waals surface area contributed by atoms with Crippen molar-refractivity contribution in [2.24, 2.45) is 0 Å². The van der Waals surface area contributed by atoms with E-state index in [4.69, 9.17) is 4.74 Å². The first-order valence-corrected chi connectivity index (χ1v) is 8.77. The molecule has 0 spiro atoms. The summed E-state index contributed by atoms with van der Waals surface area (Å²) in [6.45, 7) is 6.49. The summed E-state index contributed by atoms with van der Waals surface area (Å²) in [5.41, 5.74) is 4.09. The van der Waals surface area contributed by atoms with Crippen LogP contribution in [-0.2, 0) is 0 Å². The van der Waals surface area contributed by atoms with Gasteiger partial charge < -0.3 is 15.4 Å². The van der Waals surface area contributed by atoms with Gasteiger partial charge in [-0.15, -0.1) is 10.2 Å². The molecule has 3 rings (SSSR count). The Morgan fingerprint density at radius 1 is 1.00 bits per heavy atom. The zero-order valence-corrected chi connectivity index (χ0v) is 15.6. The average Bonchev–Trinajstić information content (AvgIpc) is 2.63. The molecule has 0 unspecified atom stereocenters. The number of aryl methyl sites for hydroxylation is 2. The van der Waals surface area contributed by atoms with E-state index in [0.717, 1.165) is 16.8 Å². The molecule has 1 amide bonds. The Morgan fingerprint density at radius 3 is 2.41 bits per heavy atom. The smallest absolute Gasteiger partial charge is 0.276 e. The van der Waals surface area contributed by atoms with Crippen LogP contribution in [0, 0.1) is 13.8 Å². The van der Waals surface area contributed by atoms with Crippen molar-refractivity contribution in [1.82, 2.24) is 10.2 Å². The summed E-state index contributed by atoms with van der Waals surface area (Å²) in [5.74, 6) is 0.855. The van der Waals surface area contributed by atoms with Gasteiger partial charge in [0.05, 0.1) is 12.3 Å². The highest BCUT2D eigenvalue weighted by molar-refractivity contribution is 6.03. The van der Waals surface area contributed by atoms with Gasteiger partial charge >= 0.3 is 0 Å². The Hall–Kier alpha value is -3.41. The predicted octanol–water partition coefficient (Wildman–Crippen LogP) is 4.49. The third kappa shape index (κ3) is 4.82. The highest BCUT2D eigenvalue weighted by atomic mass is 16.5. The van der Waals surface area contributed by atoms with Crippen LogP contribution in [0.3, 0.4) is 0 Å². The van der Waals surface area contributed by atoms with Crippen LogP contribution in [0.25, 0.3) is 0 Å². The van der Waals surface area contributed by atoms with Gasteiger partial charge in [-0.1, -0.05) is 18.2 Å². The Morgan fingerprint density at radius 2 is 1.74 bits per heavy atom. The fourth-order valence-corrected chi connectivity index (χ4v) is 2.75. The van der Waals surface area contributed by atoms with E-state index >= 15 is 0 Å². The number of para-hydroxylation sites is 2. The largest absolute Gasteiger partial charge is 0.492 e. The van der Waals surface area contributed by atoms with E-state index < -0.39 is 0 Å². The van der Waals surface area contributed by atoms with Crippen LogP contribution >= 0.6 is 0 Å². The number of benzene rings is 2. The summed E-state index contributed by atoms with van der Waals surface area (Å²) in [6.07, 6.45) is 0. The number of anilines is 3. The van der Waals surface area contributed by atoms with Gasteiger partial charge in [0.2, 0.25) is 0 Å². The number of carbonyl (C=O) groups excluding carboxylic acids is 1. The standard InChI is InChI=1S/C21H22N4O2/c1-4-27-19-8-6-5-7-17(19)23-21(26)18-9-10-20(25-24-18)22-16-12-14(2)11-15(3)13-16/h5-13H,4H2,1-3H3,(H,22,25)(H,23,26). The van der Waals surface area contributed by atoms with Crippen LogP contribution in [0.5, 0.6) is 5.75 Å². The Balaban J connectivity index is 1.70. The molecular weight excluding hydrogens is 340 g/mol. The van der Waals surface area contributed by atoms with E-state index in [1.165, 1.54) is 0 Å². The van der Waals surface area contributed by atoms with Crippen molar-refractivity contribution in [3.8, 4) is 5.75 Å². The van der Waals surface area contributed by atoms with Crippen molar-refractivity contribution in [3.05, 3.63) is 71.4 Å². The van der Waals surface area contributed by atoms with E-state index in [1.807, 2.05) is 51.1 Å². The van der Waals surface area contributed by atoms with Gasteiger partial charge in [-0.3, -0.25) is 4.79 Å². The number of hydrogen-bond donors (Lipinski definition) is 2. The maximum Gasteiger partial charge on any atom is 0.276 e. The zero-order valence-electron chi connectivity index (χ0n) is 15.6. The lowest BCUT2D eigenvalue weighted by molar-refractivity contribution is 0.102. The monoisotopic (exact) mass is 362 g/mol. The van der Waals surface area contributed by atoms with Crippen LogP contribution in [-0.4, -0.2) is 22.7 Å². The number of carbonyl (C=O) groups is 1. The number of hydrogen-bond acceptors (Lipinski definition) is 5. The number of rotatable bonds is 6. The summed E-state index contributed by atoms with van der Waals surface area (Å²) in [7, 11) is 0. The minimum atomic E-state index is -0.340. The molecule has 6 nitrogen and oxygen atoms in total. The Labute approximate surface area is 158 Å². The van der Waals surface area contributed by atoms with Crippen molar-refractivity contribution in [2.45, 2.75) is 20.8 Å². The quantitative estimate of drug-likeness (QED) is 0.676. The molecular formula is C21H22N4O2. The fraction of sp³-hybridized carbons (Fsp3) is 0.190. The van der Waals surface area contributed by atoms with Crippen LogP contribution in [0.4, 0.5) is 17.2 Å². The van der Waals surface area contributed by atoms with E-state index in [0.29, 0.717) is 23.9 Å². The first-order chi connectivity index (χ1) is 13.0. The van der Waals surface area contributed by atoms with Gasteiger partial charge in [0.15, 0.2) is 11.5 Å². The highest BCUT2D eigenvalue weighted by Crippen LogP contribution is 2.24. The molecule has 2 N–H and O–H groups in total. The predicted molar refractivity (Wildman–Crippen MR) is 107 cm³/mol. The zero-order chi connectivity index (χ0) is 19.2. The van der Waals surface area contributed by atoms with Crippen molar-refractivity contribution in [1.29, 1.82) is 0 Å². The summed E-state index contributed by atoms with van der Waals surface area (Å²) in [6, 6.07) is 16.8. The normalized spacial score (nSPS) is 10.3. The van der Waals surface area contributed by atoms with Gasteiger partial charge in [-0.2, -0.15) is 0 Å². The van der Waals surface area contributed by atoms with E-state index in [1.54, 1.807) is 18.2 Å². The summed E-state index contributed by atoms with van der Waals surface area (Å²) in [5, 5.41) is 14.1. The van der Waals surface area contributed by atoms with Gasteiger partial charge in [0.25, 0.3) is 5.91 Å². The molecule has 2 aromatic carbocycles. The van der Waals surface area contributed by atoms with E-state index in [-0.39, 0.29) is 11.6 Å².